The van der Waals surface area contributed by atoms with E-state index in [-0.39, 0.29) is 5.82 Å². The van der Waals surface area contributed by atoms with Crippen LogP contribution in [0.25, 0.3) is 15.7 Å². The number of ether oxygens (including phenoxy) is 1. The number of carbonyl (C=O) groups excluding carboxylic acids is 1. The first-order valence-corrected chi connectivity index (χ1v) is 8.98. The van der Waals surface area contributed by atoms with E-state index in [1.165, 1.54) is 4.57 Å². The van der Waals surface area contributed by atoms with Gasteiger partial charge in [-0.3, -0.25) is 0 Å². The summed E-state index contributed by atoms with van der Waals surface area (Å²) in [5.41, 5.74) is -0.614. The molecule has 2 heterocycles. The number of fused-ring (bicyclic) bond motifs is 1. The quantitative estimate of drug-likeness (QED) is 0.557. The van der Waals surface area contributed by atoms with Crippen LogP contribution >= 0.6 is 0 Å². The van der Waals surface area contributed by atoms with Gasteiger partial charge in [-0.05, 0) is 54.5 Å². The second kappa shape index (κ2) is 6.11. The maximum Gasteiger partial charge on any atom is 0.496 e. The number of carbonyl (C=O) groups is 1. The van der Waals surface area contributed by atoms with Crippen molar-refractivity contribution in [3.63, 3.8) is 0 Å². The van der Waals surface area contributed by atoms with Crippen molar-refractivity contribution in [1.29, 1.82) is 0 Å². The minimum absolute atomic E-state index is 0.156. The number of nitrogens with zero attached hydrogens (tertiary/aromatic N) is 2. The van der Waals surface area contributed by atoms with Gasteiger partial charge < -0.3 is 18.9 Å². The molecule has 6 nitrogen and oxygen atoms in total. The molecule has 0 N–H and O–H groups in total. The smallest absolute Gasteiger partial charge is 0.426 e. The van der Waals surface area contributed by atoms with Gasteiger partial charge in [0.25, 0.3) is 0 Å². The summed E-state index contributed by atoms with van der Waals surface area (Å²) in [4.78, 5) is 16.5. The highest BCUT2D eigenvalue weighted by molar-refractivity contribution is 6.67. The second-order valence-electron chi connectivity index (χ2n) is 8.77. The Kier molecular flexibility index (Phi) is 4.41. The molecule has 0 radical (unpaired) electrons. The van der Waals surface area contributed by atoms with Crippen molar-refractivity contribution in [3.8, 4) is 0 Å². The van der Waals surface area contributed by atoms with Crippen LogP contribution in [0.15, 0.2) is 24.3 Å². The summed E-state index contributed by atoms with van der Waals surface area (Å²) < 4.78 is 19.2. The van der Waals surface area contributed by atoms with Gasteiger partial charge in [0.05, 0.1) is 11.2 Å². The summed E-state index contributed by atoms with van der Waals surface area (Å²) in [5, 5.41) is 0.743. The van der Waals surface area contributed by atoms with Gasteiger partial charge in [0.15, 0.2) is 0 Å². The third-order valence-electron chi connectivity index (χ3n) is 5.06. The van der Waals surface area contributed by atoms with Gasteiger partial charge in [-0.15, -0.1) is 0 Å². The van der Waals surface area contributed by atoms with Gasteiger partial charge in [-0.25, -0.2) is 4.79 Å². The summed E-state index contributed by atoms with van der Waals surface area (Å²) in [6, 6.07) is 7.35. The molecular weight excluding hydrogens is 343 g/mol. The van der Waals surface area contributed by atoms with Crippen LogP contribution in [0.4, 0.5) is 10.6 Å². The third-order valence-corrected chi connectivity index (χ3v) is 5.06. The predicted molar refractivity (Wildman–Crippen MR) is 106 cm³/mol. The number of hydrogen-bond acceptors (Lipinski definition) is 4. The van der Waals surface area contributed by atoms with Gasteiger partial charge in [0, 0.05) is 10.8 Å². The molecule has 1 aromatic carbocycles. The standard InChI is InChI=1S/C20H25BN2O4/c1-18(2,3)25-17(24)23-14-12-10-9-11-13(14)15(16(23)22-8)21-26-19(4,5)20(6,7)27-21/h9-12H,1-7H3. The molecule has 0 amide bonds. The Hall–Kier alpha value is -2.30. The Balaban J connectivity index is 2.21. The molecule has 0 unspecified atom stereocenters. The fraction of sp³-hybridized carbons (Fsp3) is 0.500. The lowest BCUT2D eigenvalue weighted by Gasteiger charge is -2.32. The van der Waals surface area contributed by atoms with Gasteiger partial charge in [-0.1, -0.05) is 24.8 Å². The maximum atomic E-state index is 12.9. The van der Waals surface area contributed by atoms with Gasteiger partial charge in [0.1, 0.15) is 11.1 Å². The van der Waals surface area contributed by atoms with E-state index in [0.29, 0.717) is 11.0 Å². The molecule has 0 aliphatic carbocycles. The highest BCUT2D eigenvalue weighted by atomic mass is 16.7. The van der Waals surface area contributed by atoms with Gasteiger partial charge >= 0.3 is 13.2 Å². The van der Waals surface area contributed by atoms with Crippen LogP contribution in [0.3, 0.4) is 0 Å². The summed E-state index contributed by atoms with van der Waals surface area (Å²) >= 11 is 0. The molecule has 1 aliphatic rings. The van der Waals surface area contributed by atoms with Crippen molar-refractivity contribution in [1.82, 2.24) is 4.57 Å². The zero-order valence-electron chi connectivity index (χ0n) is 16.9. The molecule has 27 heavy (non-hydrogen) atoms. The second-order valence-corrected chi connectivity index (χ2v) is 8.77. The van der Waals surface area contributed by atoms with E-state index in [1.807, 2.05) is 45.9 Å². The van der Waals surface area contributed by atoms with E-state index in [1.54, 1.807) is 26.8 Å². The molecule has 0 atom stereocenters. The van der Waals surface area contributed by atoms with Gasteiger partial charge in [-0.2, -0.15) is 4.57 Å². The largest absolute Gasteiger partial charge is 0.496 e. The van der Waals surface area contributed by atoms with Crippen LogP contribution in [0.1, 0.15) is 48.5 Å². The molecule has 0 saturated carbocycles. The Morgan fingerprint density at radius 3 is 2.22 bits per heavy atom. The molecular formula is C20H25BN2O4. The fourth-order valence-electron chi connectivity index (χ4n) is 3.05. The number of benzene rings is 1. The van der Waals surface area contributed by atoms with E-state index >= 15 is 0 Å². The zero-order chi connectivity index (χ0) is 20.2. The molecule has 7 heteroatoms. The lowest BCUT2D eigenvalue weighted by atomic mass is 9.78. The lowest BCUT2D eigenvalue weighted by Crippen LogP contribution is -2.41. The van der Waals surface area contributed by atoms with Crippen molar-refractivity contribution in [3.05, 3.63) is 35.7 Å². The maximum absolute atomic E-state index is 12.9. The van der Waals surface area contributed by atoms with E-state index in [2.05, 4.69) is 4.85 Å². The van der Waals surface area contributed by atoms with Crippen molar-refractivity contribution in [2.45, 2.75) is 65.3 Å². The molecule has 2 aromatic rings. The average molecular weight is 368 g/mol. The van der Waals surface area contributed by atoms with Crippen molar-refractivity contribution < 1.29 is 18.8 Å². The summed E-state index contributed by atoms with van der Waals surface area (Å²) in [6.07, 6.45) is -0.590. The Bertz CT molecular complexity index is 931. The molecule has 1 aliphatic heterocycles. The Morgan fingerprint density at radius 2 is 1.70 bits per heavy atom. The number of para-hydroxylation sites is 1. The number of hydrogen-bond donors (Lipinski definition) is 0. The summed E-state index contributed by atoms with van der Waals surface area (Å²) in [5.74, 6) is 0.156. The topological polar surface area (TPSA) is 54.0 Å². The molecule has 0 spiro atoms. The average Bonchev–Trinajstić information content (AvgIpc) is 2.96. The minimum atomic E-state index is -0.743. The fourth-order valence-corrected chi connectivity index (χ4v) is 3.05. The third kappa shape index (κ3) is 3.24. The molecule has 1 saturated heterocycles. The molecule has 3 rings (SSSR count). The van der Waals surface area contributed by atoms with Crippen LogP contribution in [-0.4, -0.2) is 34.6 Å². The van der Waals surface area contributed by atoms with E-state index in [9.17, 15) is 4.79 Å². The van der Waals surface area contributed by atoms with Crippen molar-refractivity contribution >= 4 is 35.4 Å². The van der Waals surface area contributed by atoms with E-state index < -0.39 is 30.0 Å². The first kappa shape index (κ1) is 19.5. The van der Waals surface area contributed by atoms with Crippen LogP contribution in [0.2, 0.25) is 0 Å². The van der Waals surface area contributed by atoms with Crippen molar-refractivity contribution in [2.24, 2.45) is 0 Å². The summed E-state index contributed by atoms with van der Waals surface area (Å²) in [7, 11) is -0.743. The van der Waals surface area contributed by atoms with Crippen LogP contribution in [0.5, 0.6) is 0 Å². The van der Waals surface area contributed by atoms with Gasteiger partial charge in [0.2, 0.25) is 5.82 Å². The normalized spacial score (nSPS) is 18.5. The Morgan fingerprint density at radius 1 is 1.15 bits per heavy atom. The first-order valence-electron chi connectivity index (χ1n) is 8.98. The van der Waals surface area contributed by atoms with Crippen LogP contribution in [-0.2, 0) is 14.0 Å². The summed E-state index contributed by atoms with van der Waals surface area (Å²) in [6.45, 7) is 20.9. The Labute approximate surface area is 160 Å². The minimum Gasteiger partial charge on any atom is -0.426 e. The monoisotopic (exact) mass is 368 g/mol. The van der Waals surface area contributed by atoms with E-state index in [0.717, 1.165) is 5.39 Å². The van der Waals surface area contributed by atoms with Crippen LogP contribution in [0, 0.1) is 6.57 Å². The lowest BCUT2D eigenvalue weighted by molar-refractivity contribution is 0.00578. The SMILES string of the molecule is [C-]#[N+]c1c(B2OC(C)(C)C(C)(C)O2)c2ccccc2n1C(=O)OC(C)(C)C. The predicted octanol–water partition coefficient (Wildman–Crippen LogP) is 4.27. The zero-order valence-corrected chi connectivity index (χ0v) is 16.9. The number of rotatable bonds is 1. The molecule has 0 bridgehead atoms. The highest BCUT2D eigenvalue weighted by Crippen LogP contribution is 2.38. The molecule has 1 aromatic heterocycles. The molecule has 142 valence electrons. The highest BCUT2D eigenvalue weighted by Gasteiger charge is 2.53. The first-order chi connectivity index (χ1) is 12.4. The van der Waals surface area contributed by atoms with Crippen LogP contribution < -0.4 is 5.46 Å². The van der Waals surface area contributed by atoms with E-state index in [4.69, 9.17) is 20.6 Å². The number of aromatic nitrogens is 1. The van der Waals surface area contributed by atoms with Crippen molar-refractivity contribution in [2.75, 3.05) is 0 Å². The molecule has 1 fully saturated rings.